The predicted octanol–water partition coefficient (Wildman–Crippen LogP) is 1.63. The maximum absolute atomic E-state index is 12.4. The van der Waals surface area contributed by atoms with E-state index in [1.807, 2.05) is 4.72 Å². The first-order valence-electron chi connectivity index (χ1n) is 5.39. The number of aromatic nitrogens is 3. The molecule has 2 aromatic rings. The number of ether oxygens (including phenoxy) is 1. The Kier molecular flexibility index (Phi) is 3.77. The van der Waals surface area contributed by atoms with Gasteiger partial charge in [-0.3, -0.25) is 0 Å². The van der Waals surface area contributed by atoms with Crippen LogP contribution in [0.25, 0.3) is 0 Å². The van der Waals surface area contributed by atoms with E-state index in [0.717, 1.165) is 12.1 Å². The Hall–Kier alpha value is -2.30. The molecule has 1 aromatic carbocycles. The number of halogens is 3. The number of hydrogen-bond acceptors (Lipinski definition) is 5. The van der Waals surface area contributed by atoms with E-state index in [1.165, 1.54) is 7.11 Å². The fraction of sp³-hybridized carbons (Fsp3) is 0.200. The molecule has 0 radical (unpaired) electrons. The number of nitrogens with zero attached hydrogens (tertiary/aromatic N) is 2. The minimum atomic E-state index is -4.53. The minimum absolute atomic E-state index is 0.0832. The zero-order valence-corrected chi connectivity index (χ0v) is 11.3. The zero-order chi connectivity index (χ0) is 15.7. The summed E-state index contributed by atoms with van der Waals surface area (Å²) in [5, 5.41) is 5.79. The summed E-state index contributed by atoms with van der Waals surface area (Å²) >= 11 is 0. The van der Waals surface area contributed by atoms with Crippen LogP contribution in [0, 0.1) is 0 Å². The molecule has 2 N–H and O–H groups in total. The highest BCUT2D eigenvalue weighted by atomic mass is 32.2. The lowest BCUT2D eigenvalue weighted by atomic mass is 10.2. The van der Waals surface area contributed by atoms with Crippen LogP contribution in [-0.2, 0) is 16.2 Å². The van der Waals surface area contributed by atoms with Crippen molar-refractivity contribution in [3.63, 3.8) is 0 Å². The second-order valence-corrected chi connectivity index (χ2v) is 5.48. The van der Waals surface area contributed by atoms with Gasteiger partial charge in [-0.1, -0.05) is 0 Å². The number of benzene rings is 1. The number of methoxy groups -OCH3 is 1. The van der Waals surface area contributed by atoms with Gasteiger partial charge in [-0.25, -0.2) is 18.2 Å². The third-order valence-electron chi connectivity index (χ3n) is 2.37. The van der Waals surface area contributed by atoms with Crippen LogP contribution < -0.4 is 9.46 Å². The van der Waals surface area contributed by atoms with Gasteiger partial charge in [-0.05, 0) is 24.3 Å². The number of aromatic amines is 1. The highest BCUT2D eigenvalue weighted by molar-refractivity contribution is 7.92. The van der Waals surface area contributed by atoms with Crippen LogP contribution in [0.2, 0.25) is 0 Å². The first-order chi connectivity index (χ1) is 9.72. The molecule has 1 aromatic heterocycles. The van der Waals surface area contributed by atoms with Crippen LogP contribution in [0.1, 0.15) is 5.56 Å². The molecule has 0 bridgehead atoms. The largest absolute Gasteiger partial charge is 0.466 e. The monoisotopic (exact) mass is 322 g/mol. The van der Waals surface area contributed by atoms with Gasteiger partial charge < -0.3 is 4.74 Å². The van der Waals surface area contributed by atoms with Gasteiger partial charge in [-0.2, -0.15) is 18.2 Å². The smallest absolute Gasteiger partial charge is 0.416 e. The van der Waals surface area contributed by atoms with E-state index in [9.17, 15) is 21.6 Å². The van der Waals surface area contributed by atoms with Crippen molar-refractivity contribution in [3.05, 3.63) is 29.8 Å². The molecule has 2 rings (SSSR count). The fourth-order valence-electron chi connectivity index (χ4n) is 1.39. The molecule has 0 amide bonds. The molecule has 0 saturated heterocycles. The molecule has 0 spiro atoms. The molecule has 0 unspecified atom stereocenters. The lowest BCUT2D eigenvalue weighted by molar-refractivity contribution is -0.137. The SMILES string of the molecule is COc1n[nH]c(NS(=O)(=O)c2ccc(C(F)(F)F)cc2)n1. The third kappa shape index (κ3) is 3.42. The average Bonchev–Trinajstić information content (AvgIpc) is 2.85. The number of alkyl halides is 3. The Morgan fingerprint density at radius 2 is 1.86 bits per heavy atom. The maximum atomic E-state index is 12.4. The molecule has 21 heavy (non-hydrogen) atoms. The molecule has 0 aliphatic rings. The van der Waals surface area contributed by atoms with Crippen molar-refractivity contribution in [1.82, 2.24) is 15.2 Å². The Bertz CT molecular complexity index is 725. The Balaban J connectivity index is 2.23. The van der Waals surface area contributed by atoms with Crippen molar-refractivity contribution < 1.29 is 26.3 Å². The zero-order valence-electron chi connectivity index (χ0n) is 10.5. The molecule has 7 nitrogen and oxygen atoms in total. The number of hydrogen-bond donors (Lipinski definition) is 2. The van der Waals surface area contributed by atoms with Gasteiger partial charge in [0, 0.05) is 0 Å². The standard InChI is InChI=1S/C10H9F3N4O3S/c1-20-9-14-8(15-16-9)17-21(18,19)7-4-2-6(3-5-7)10(11,12)13/h2-5H,1H3,(H2,14,15,16,17). The molecule has 0 aliphatic heterocycles. The van der Waals surface area contributed by atoms with Gasteiger partial charge in [0.25, 0.3) is 10.0 Å². The van der Waals surface area contributed by atoms with Crippen LogP contribution in [0.5, 0.6) is 6.01 Å². The Morgan fingerprint density at radius 1 is 1.24 bits per heavy atom. The molecule has 0 fully saturated rings. The van der Waals surface area contributed by atoms with Gasteiger partial charge in [0.15, 0.2) is 0 Å². The second kappa shape index (κ2) is 5.24. The van der Waals surface area contributed by atoms with E-state index in [1.54, 1.807) is 0 Å². The molecule has 0 atom stereocenters. The number of rotatable bonds is 4. The van der Waals surface area contributed by atoms with Crippen LogP contribution in [0.4, 0.5) is 19.1 Å². The summed E-state index contributed by atoms with van der Waals surface area (Å²) in [5.74, 6) is -0.216. The Labute approximate surface area is 117 Å². The van der Waals surface area contributed by atoms with E-state index < -0.39 is 21.8 Å². The fourth-order valence-corrected chi connectivity index (χ4v) is 2.35. The average molecular weight is 322 g/mol. The van der Waals surface area contributed by atoms with Crippen LogP contribution in [-0.4, -0.2) is 30.7 Å². The highest BCUT2D eigenvalue weighted by Gasteiger charge is 2.30. The number of anilines is 1. The van der Waals surface area contributed by atoms with Gasteiger partial charge >= 0.3 is 12.2 Å². The molecule has 0 saturated carbocycles. The van der Waals surface area contributed by atoms with Crippen molar-refractivity contribution in [2.75, 3.05) is 11.8 Å². The summed E-state index contributed by atoms with van der Waals surface area (Å²) < 4.78 is 67.8. The minimum Gasteiger partial charge on any atom is -0.466 e. The number of H-pyrrole nitrogens is 1. The summed E-state index contributed by atoms with van der Waals surface area (Å²) in [5.41, 5.74) is -0.942. The van der Waals surface area contributed by atoms with E-state index >= 15 is 0 Å². The summed E-state index contributed by atoms with van der Waals surface area (Å²) in [6.45, 7) is 0. The third-order valence-corrected chi connectivity index (χ3v) is 3.73. The first kappa shape index (κ1) is 15.1. The van der Waals surface area contributed by atoms with Crippen molar-refractivity contribution in [1.29, 1.82) is 0 Å². The second-order valence-electron chi connectivity index (χ2n) is 3.80. The normalized spacial score (nSPS) is 12.2. The molecular formula is C10H9F3N4O3S. The van der Waals surface area contributed by atoms with E-state index in [2.05, 4.69) is 19.9 Å². The summed E-state index contributed by atoms with van der Waals surface area (Å²) in [6.07, 6.45) is -4.53. The van der Waals surface area contributed by atoms with Crippen LogP contribution in [0.15, 0.2) is 29.2 Å². The maximum Gasteiger partial charge on any atom is 0.416 e. The molecule has 1 heterocycles. The lowest BCUT2D eigenvalue weighted by Gasteiger charge is -2.08. The predicted molar refractivity (Wildman–Crippen MR) is 65.2 cm³/mol. The Morgan fingerprint density at radius 3 is 2.33 bits per heavy atom. The first-order valence-corrected chi connectivity index (χ1v) is 6.87. The summed E-state index contributed by atoms with van der Waals surface area (Å²) in [7, 11) is -2.79. The van der Waals surface area contributed by atoms with Crippen molar-refractivity contribution in [3.8, 4) is 6.01 Å². The highest BCUT2D eigenvalue weighted by Crippen LogP contribution is 2.29. The molecule has 11 heteroatoms. The van der Waals surface area contributed by atoms with Gasteiger partial charge in [0.05, 0.1) is 17.6 Å². The number of nitrogens with one attached hydrogen (secondary N) is 2. The van der Waals surface area contributed by atoms with Crippen LogP contribution in [0.3, 0.4) is 0 Å². The van der Waals surface area contributed by atoms with E-state index in [4.69, 9.17) is 0 Å². The topological polar surface area (TPSA) is 97.0 Å². The van der Waals surface area contributed by atoms with Gasteiger partial charge in [0.1, 0.15) is 0 Å². The van der Waals surface area contributed by atoms with Gasteiger partial charge in [-0.15, -0.1) is 5.10 Å². The van der Waals surface area contributed by atoms with Crippen LogP contribution >= 0.6 is 0 Å². The van der Waals surface area contributed by atoms with Crippen molar-refractivity contribution >= 4 is 16.0 Å². The van der Waals surface area contributed by atoms with Crippen molar-refractivity contribution in [2.45, 2.75) is 11.1 Å². The molecular weight excluding hydrogens is 313 g/mol. The van der Waals surface area contributed by atoms with Crippen molar-refractivity contribution in [2.24, 2.45) is 0 Å². The summed E-state index contributed by atoms with van der Waals surface area (Å²) in [4.78, 5) is 3.30. The molecule has 114 valence electrons. The van der Waals surface area contributed by atoms with E-state index in [0.29, 0.717) is 12.1 Å². The number of sulfonamides is 1. The van der Waals surface area contributed by atoms with Gasteiger partial charge in [0.2, 0.25) is 5.95 Å². The van der Waals surface area contributed by atoms with E-state index in [-0.39, 0.29) is 16.9 Å². The quantitative estimate of drug-likeness (QED) is 0.892. The lowest BCUT2D eigenvalue weighted by Crippen LogP contribution is -2.14. The molecule has 0 aliphatic carbocycles. The summed E-state index contributed by atoms with van der Waals surface area (Å²) in [6, 6.07) is 2.96.